The Labute approximate surface area is 187 Å². The van der Waals surface area contributed by atoms with Crippen molar-refractivity contribution >= 4 is 30.5 Å². The second-order valence-electron chi connectivity index (χ2n) is 7.25. The average Bonchev–Trinajstić information content (AvgIpc) is 2.70. The molecule has 0 aromatic heterocycles. The van der Waals surface area contributed by atoms with Crippen molar-refractivity contribution in [3.05, 3.63) is 29.8 Å². The number of aliphatic carboxylic acids is 3. The number of benzene rings is 1. The van der Waals surface area contributed by atoms with Gasteiger partial charge in [-0.25, -0.2) is 0 Å². The lowest BCUT2D eigenvalue weighted by Gasteiger charge is -2.19. The van der Waals surface area contributed by atoms with Crippen molar-refractivity contribution in [2.45, 2.75) is 57.9 Å². The SMILES string of the molecule is COc1ccc(COC(C)(C)C)cc1.NC(CCC(=O)O)C(=O)O.NC(CS)C(=O)O. The van der Waals surface area contributed by atoms with Gasteiger partial charge in [0.1, 0.15) is 17.8 Å². The minimum absolute atomic E-state index is 0.0231. The molecule has 1 rings (SSSR count). The van der Waals surface area contributed by atoms with Crippen LogP contribution in [0.15, 0.2) is 24.3 Å². The lowest BCUT2D eigenvalue weighted by molar-refractivity contribution is -0.140. The number of carboxylic acid groups (broad SMARTS) is 3. The van der Waals surface area contributed by atoms with Gasteiger partial charge in [-0.2, -0.15) is 12.6 Å². The molecule has 11 heteroatoms. The number of methoxy groups -OCH3 is 1. The summed E-state index contributed by atoms with van der Waals surface area (Å²) in [5, 5.41) is 24.3. The summed E-state index contributed by atoms with van der Waals surface area (Å²) in [5.74, 6) is -2.13. The largest absolute Gasteiger partial charge is 0.497 e. The average molecular weight is 463 g/mol. The number of rotatable bonds is 9. The van der Waals surface area contributed by atoms with Gasteiger partial charge >= 0.3 is 17.9 Å². The quantitative estimate of drug-likeness (QED) is 0.295. The van der Waals surface area contributed by atoms with E-state index in [1.54, 1.807) is 7.11 Å². The Balaban J connectivity index is 0. The molecule has 7 N–H and O–H groups in total. The van der Waals surface area contributed by atoms with Gasteiger partial charge < -0.3 is 36.3 Å². The Morgan fingerprint density at radius 3 is 1.77 bits per heavy atom. The lowest BCUT2D eigenvalue weighted by Crippen LogP contribution is -2.31. The Morgan fingerprint density at radius 1 is 1.00 bits per heavy atom. The Kier molecular flexibility index (Phi) is 16.3. The third kappa shape index (κ3) is 19.4. The van der Waals surface area contributed by atoms with Crippen LogP contribution in [-0.4, -0.2) is 63.8 Å². The highest BCUT2D eigenvalue weighted by Crippen LogP contribution is 2.15. The van der Waals surface area contributed by atoms with Crippen LogP contribution in [0.25, 0.3) is 0 Å². The summed E-state index contributed by atoms with van der Waals surface area (Å²) in [6.07, 6.45) is -0.224. The first-order valence-corrected chi connectivity index (χ1v) is 9.93. The molecule has 1 aromatic rings. The number of carbonyl (C=O) groups is 3. The Bertz CT molecular complexity index is 662. The summed E-state index contributed by atoms with van der Waals surface area (Å²) in [4.78, 5) is 29.6. The molecule has 1 aromatic carbocycles. The summed E-state index contributed by atoms with van der Waals surface area (Å²) >= 11 is 3.65. The van der Waals surface area contributed by atoms with Crippen molar-refractivity contribution in [1.82, 2.24) is 0 Å². The second-order valence-corrected chi connectivity index (χ2v) is 7.62. The maximum atomic E-state index is 9.99. The zero-order valence-corrected chi connectivity index (χ0v) is 19.2. The van der Waals surface area contributed by atoms with Gasteiger partial charge in [-0.05, 0) is 44.9 Å². The van der Waals surface area contributed by atoms with Crippen molar-refractivity contribution in [3.63, 3.8) is 0 Å². The molecular weight excluding hydrogens is 428 g/mol. The van der Waals surface area contributed by atoms with Gasteiger partial charge in [-0.3, -0.25) is 14.4 Å². The second kappa shape index (κ2) is 16.4. The molecule has 0 aliphatic carbocycles. The molecule has 0 bridgehead atoms. The van der Waals surface area contributed by atoms with Crippen LogP contribution < -0.4 is 16.2 Å². The van der Waals surface area contributed by atoms with E-state index in [1.807, 2.05) is 24.3 Å². The van der Waals surface area contributed by atoms with Crippen LogP contribution in [0.2, 0.25) is 0 Å². The third-order valence-electron chi connectivity index (χ3n) is 3.33. The van der Waals surface area contributed by atoms with Crippen LogP contribution in [0.4, 0.5) is 0 Å². The highest BCUT2D eigenvalue weighted by atomic mass is 32.1. The van der Waals surface area contributed by atoms with Crippen LogP contribution in [0.1, 0.15) is 39.2 Å². The van der Waals surface area contributed by atoms with Crippen LogP contribution in [-0.2, 0) is 25.7 Å². The van der Waals surface area contributed by atoms with Crippen LogP contribution >= 0.6 is 12.6 Å². The molecule has 0 spiro atoms. The number of hydrogen-bond acceptors (Lipinski definition) is 8. The topological polar surface area (TPSA) is 182 Å². The fourth-order valence-electron chi connectivity index (χ4n) is 1.50. The van der Waals surface area contributed by atoms with E-state index >= 15 is 0 Å². The number of thiol groups is 1. The highest BCUT2D eigenvalue weighted by Gasteiger charge is 2.12. The standard InChI is InChI=1S/C12H18O2.C5H9NO4.C3H7NO2S/c1-12(2,3)14-9-10-5-7-11(13-4)8-6-10;6-3(5(9)10)1-2-4(7)8;4-2(1-7)3(5)6/h5-8H,9H2,1-4H3;3H,1-2,6H2,(H,7,8)(H,9,10);2,7H,1,4H2,(H,5,6). The summed E-state index contributed by atoms with van der Waals surface area (Å²) in [6.45, 7) is 6.80. The van der Waals surface area contributed by atoms with Gasteiger partial charge in [0, 0.05) is 12.2 Å². The van der Waals surface area contributed by atoms with Gasteiger partial charge in [0.25, 0.3) is 0 Å². The van der Waals surface area contributed by atoms with E-state index in [1.165, 1.54) is 5.56 Å². The monoisotopic (exact) mass is 462 g/mol. The van der Waals surface area contributed by atoms with Crippen molar-refractivity contribution in [1.29, 1.82) is 0 Å². The van der Waals surface area contributed by atoms with Crippen LogP contribution in [0, 0.1) is 0 Å². The zero-order valence-electron chi connectivity index (χ0n) is 18.3. The Hall–Kier alpha value is -2.34. The van der Waals surface area contributed by atoms with E-state index in [4.69, 9.17) is 36.3 Å². The molecule has 2 unspecified atom stereocenters. The lowest BCUT2D eigenvalue weighted by atomic mass is 10.2. The predicted molar refractivity (Wildman–Crippen MR) is 119 cm³/mol. The maximum absolute atomic E-state index is 9.99. The maximum Gasteiger partial charge on any atom is 0.321 e. The zero-order chi connectivity index (χ0) is 24.6. The Morgan fingerprint density at radius 2 is 1.48 bits per heavy atom. The minimum atomic E-state index is -1.17. The molecule has 0 aliphatic rings. The highest BCUT2D eigenvalue weighted by molar-refractivity contribution is 7.80. The van der Waals surface area contributed by atoms with Crippen LogP contribution in [0.3, 0.4) is 0 Å². The number of nitrogens with two attached hydrogens (primary N) is 2. The molecule has 0 amide bonds. The summed E-state index contributed by atoms with van der Waals surface area (Å²) < 4.78 is 10.7. The molecule has 0 aliphatic heterocycles. The van der Waals surface area contributed by atoms with E-state index in [0.717, 1.165) is 5.75 Å². The fourth-order valence-corrected chi connectivity index (χ4v) is 1.66. The van der Waals surface area contributed by atoms with E-state index in [9.17, 15) is 14.4 Å². The van der Waals surface area contributed by atoms with E-state index in [-0.39, 0.29) is 24.2 Å². The van der Waals surface area contributed by atoms with E-state index in [2.05, 4.69) is 33.4 Å². The molecule has 178 valence electrons. The van der Waals surface area contributed by atoms with Crippen molar-refractivity contribution < 1.29 is 39.2 Å². The van der Waals surface area contributed by atoms with Gasteiger partial charge in [0.05, 0.1) is 19.3 Å². The molecule has 0 radical (unpaired) electrons. The fraction of sp³-hybridized carbons (Fsp3) is 0.550. The smallest absolute Gasteiger partial charge is 0.321 e. The molecule has 0 heterocycles. The first-order chi connectivity index (χ1) is 14.2. The first-order valence-electron chi connectivity index (χ1n) is 9.29. The van der Waals surface area contributed by atoms with E-state index in [0.29, 0.717) is 6.61 Å². The molecule has 10 nitrogen and oxygen atoms in total. The molecular formula is C20H34N2O8S. The van der Waals surface area contributed by atoms with Crippen LogP contribution in [0.5, 0.6) is 5.75 Å². The number of hydrogen-bond donors (Lipinski definition) is 6. The molecule has 0 saturated carbocycles. The summed E-state index contributed by atoms with van der Waals surface area (Å²) in [6, 6.07) is 6.05. The van der Waals surface area contributed by atoms with Gasteiger partial charge in [-0.15, -0.1) is 0 Å². The van der Waals surface area contributed by atoms with Gasteiger partial charge in [-0.1, -0.05) is 12.1 Å². The molecule has 2 atom stereocenters. The van der Waals surface area contributed by atoms with Gasteiger partial charge in [0.15, 0.2) is 0 Å². The van der Waals surface area contributed by atoms with Crippen molar-refractivity contribution in [3.8, 4) is 5.75 Å². The predicted octanol–water partition coefficient (Wildman–Crippen LogP) is 1.60. The number of ether oxygens (including phenoxy) is 2. The third-order valence-corrected chi connectivity index (χ3v) is 3.72. The normalized spacial score (nSPS) is 12.2. The molecule has 0 fully saturated rings. The van der Waals surface area contributed by atoms with Crippen molar-refractivity contribution in [2.24, 2.45) is 11.5 Å². The number of carboxylic acids is 3. The van der Waals surface area contributed by atoms with Crippen molar-refractivity contribution in [2.75, 3.05) is 12.9 Å². The van der Waals surface area contributed by atoms with Gasteiger partial charge in [0.2, 0.25) is 0 Å². The first kappa shape index (κ1) is 30.9. The molecule has 0 saturated heterocycles. The van der Waals surface area contributed by atoms with E-state index < -0.39 is 30.0 Å². The summed E-state index contributed by atoms with van der Waals surface area (Å²) in [5.41, 5.74) is 11.0. The molecule has 31 heavy (non-hydrogen) atoms. The summed E-state index contributed by atoms with van der Waals surface area (Å²) in [7, 11) is 1.67. The minimum Gasteiger partial charge on any atom is -0.497 e.